The lowest BCUT2D eigenvalue weighted by molar-refractivity contribution is -0.386. The highest BCUT2D eigenvalue weighted by Gasteiger charge is 2.05. The molecule has 0 atom stereocenters. The number of nitrogens with one attached hydrogen (secondary N) is 1. The van der Waals surface area contributed by atoms with Crippen molar-refractivity contribution in [3.8, 4) is 11.3 Å². The van der Waals surface area contributed by atoms with Gasteiger partial charge in [0.1, 0.15) is 6.54 Å². The van der Waals surface area contributed by atoms with Gasteiger partial charge in [-0.1, -0.05) is 30.3 Å². The summed E-state index contributed by atoms with van der Waals surface area (Å²) >= 11 is 0. The summed E-state index contributed by atoms with van der Waals surface area (Å²) in [5.74, 6) is 0. The van der Waals surface area contributed by atoms with Crippen LogP contribution in [0.15, 0.2) is 36.5 Å². The second kappa shape index (κ2) is 3.41. The van der Waals surface area contributed by atoms with Gasteiger partial charge in [-0.25, -0.2) is 0 Å². The zero-order valence-corrected chi connectivity index (χ0v) is 7.33. The van der Waals surface area contributed by atoms with Crippen molar-refractivity contribution >= 4 is 0 Å². The van der Waals surface area contributed by atoms with Gasteiger partial charge in [0.25, 0.3) is 0 Å². The fourth-order valence-corrected chi connectivity index (χ4v) is 1.36. The van der Waals surface area contributed by atoms with Crippen molar-refractivity contribution in [2.45, 2.75) is 6.54 Å². The maximum absolute atomic E-state index is 4.00. The van der Waals surface area contributed by atoms with Gasteiger partial charge in [0, 0.05) is 5.56 Å². The van der Waals surface area contributed by atoms with Gasteiger partial charge in [0.15, 0.2) is 0 Å². The lowest BCUT2D eigenvalue weighted by Gasteiger charge is -1.98. The Bertz CT molecular complexity index is 378. The van der Waals surface area contributed by atoms with Crippen LogP contribution in [0.25, 0.3) is 11.3 Å². The van der Waals surface area contributed by atoms with E-state index in [4.69, 9.17) is 0 Å². The Balaban J connectivity index is 2.47. The van der Waals surface area contributed by atoms with Gasteiger partial charge in [-0.3, -0.25) is 5.10 Å². The lowest BCUT2D eigenvalue weighted by Crippen LogP contribution is -2.47. The van der Waals surface area contributed by atoms with E-state index in [0.29, 0.717) is 0 Å². The average Bonchev–Trinajstić information content (AvgIpc) is 2.67. The number of rotatable bonds is 2. The Hall–Kier alpha value is -1.61. The van der Waals surface area contributed by atoms with Crippen LogP contribution in [-0.2, 0) is 6.54 Å². The van der Waals surface area contributed by atoms with Crippen LogP contribution in [0.2, 0.25) is 0 Å². The Morgan fingerprint density at radius 3 is 2.69 bits per heavy atom. The first-order valence-corrected chi connectivity index (χ1v) is 4.28. The fourth-order valence-electron chi connectivity index (χ4n) is 1.36. The number of aromatic amines is 1. The highest BCUT2D eigenvalue weighted by molar-refractivity contribution is 5.61. The minimum Gasteiger partial charge on any atom is -0.354 e. The van der Waals surface area contributed by atoms with Crippen LogP contribution < -0.4 is 5.73 Å². The minimum atomic E-state index is 0.765. The van der Waals surface area contributed by atoms with Gasteiger partial charge < -0.3 is 5.73 Å². The molecule has 4 N–H and O–H groups in total. The molecule has 0 aliphatic rings. The van der Waals surface area contributed by atoms with E-state index in [9.17, 15) is 0 Å². The first-order valence-electron chi connectivity index (χ1n) is 4.28. The predicted molar refractivity (Wildman–Crippen MR) is 50.6 cm³/mol. The van der Waals surface area contributed by atoms with E-state index in [1.165, 1.54) is 5.56 Å². The average molecular weight is 174 g/mol. The van der Waals surface area contributed by atoms with Gasteiger partial charge in [0.05, 0.1) is 17.5 Å². The molecule has 0 bridgehead atoms. The van der Waals surface area contributed by atoms with E-state index >= 15 is 0 Å². The van der Waals surface area contributed by atoms with Crippen LogP contribution in [-0.4, -0.2) is 10.2 Å². The molecular formula is C10H12N3+. The highest BCUT2D eigenvalue weighted by atomic mass is 15.1. The molecule has 2 aromatic rings. The molecule has 3 nitrogen and oxygen atoms in total. The van der Waals surface area contributed by atoms with Crippen LogP contribution >= 0.6 is 0 Å². The molecule has 0 radical (unpaired) electrons. The van der Waals surface area contributed by atoms with Gasteiger partial charge in [0.2, 0.25) is 0 Å². The summed E-state index contributed by atoms with van der Waals surface area (Å²) in [6, 6.07) is 10.2. The molecule has 0 fully saturated rings. The third-order valence-electron chi connectivity index (χ3n) is 2.05. The number of H-pyrrole nitrogens is 1. The summed E-state index contributed by atoms with van der Waals surface area (Å²) in [6.45, 7) is 0.765. The van der Waals surface area contributed by atoms with E-state index < -0.39 is 0 Å². The molecule has 66 valence electrons. The van der Waals surface area contributed by atoms with Gasteiger partial charge in [-0.15, -0.1) is 0 Å². The first-order chi connectivity index (χ1) is 6.42. The molecule has 0 saturated carbocycles. The molecule has 0 aliphatic carbocycles. The topological polar surface area (TPSA) is 56.3 Å². The van der Waals surface area contributed by atoms with Crippen LogP contribution in [0.1, 0.15) is 5.56 Å². The largest absolute Gasteiger partial charge is 0.354 e. The third kappa shape index (κ3) is 1.46. The maximum atomic E-state index is 4.00. The Morgan fingerprint density at radius 2 is 2.00 bits per heavy atom. The molecule has 0 unspecified atom stereocenters. The van der Waals surface area contributed by atoms with E-state index in [-0.39, 0.29) is 0 Å². The smallest absolute Gasteiger partial charge is 0.103 e. The molecule has 0 spiro atoms. The second-order valence-corrected chi connectivity index (χ2v) is 2.89. The minimum absolute atomic E-state index is 0.765. The summed E-state index contributed by atoms with van der Waals surface area (Å²) in [7, 11) is 0. The molecule has 2 rings (SSSR count). The second-order valence-electron chi connectivity index (χ2n) is 2.89. The van der Waals surface area contributed by atoms with Gasteiger partial charge in [-0.2, -0.15) is 5.10 Å². The fraction of sp³-hybridized carbons (Fsp3) is 0.100. The van der Waals surface area contributed by atoms with Crippen molar-refractivity contribution in [3.05, 3.63) is 42.1 Å². The Morgan fingerprint density at radius 1 is 1.23 bits per heavy atom. The van der Waals surface area contributed by atoms with Crippen LogP contribution in [0.3, 0.4) is 0 Å². The van der Waals surface area contributed by atoms with Crippen molar-refractivity contribution in [2.75, 3.05) is 0 Å². The van der Waals surface area contributed by atoms with E-state index in [0.717, 1.165) is 17.8 Å². The standard InChI is InChI=1S/C10H11N3/c11-6-9-7-12-13-10(9)8-4-2-1-3-5-8/h1-5,7H,6,11H2,(H,12,13)/p+1. The normalized spacial score (nSPS) is 10.2. The summed E-state index contributed by atoms with van der Waals surface area (Å²) in [6.07, 6.45) is 1.83. The van der Waals surface area contributed by atoms with Crippen molar-refractivity contribution in [3.63, 3.8) is 0 Å². The van der Waals surface area contributed by atoms with Crippen molar-refractivity contribution in [1.29, 1.82) is 0 Å². The van der Waals surface area contributed by atoms with Crippen molar-refractivity contribution < 1.29 is 5.73 Å². The third-order valence-corrected chi connectivity index (χ3v) is 2.05. The molecule has 1 aromatic heterocycles. The lowest BCUT2D eigenvalue weighted by atomic mass is 10.1. The molecule has 0 saturated heterocycles. The van der Waals surface area contributed by atoms with E-state index in [1.54, 1.807) is 0 Å². The molecule has 0 amide bonds. The highest BCUT2D eigenvalue weighted by Crippen LogP contribution is 2.19. The monoisotopic (exact) mass is 174 g/mol. The number of benzene rings is 1. The maximum Gasteiger partial charge on any atom is 0.103 e. The van der Waals surface area contributed by atoms with Crippen LogP contribution in [0.4, 0.5) is 0 Å². The summed E-state index contributed by atoms with van der Waals surface area (Å²) in [4.78, 5) is 0. The molecule has 1 heterocycles. The van der Waals surface area contributed by atoms with Crippen molar-refractivity contribution in [2.24, 2.45) is 0 Å². The summed E-state index contributed by atoms with van der Waals surface area (Å²) in [5, 5.41) is 6.99. The molecular weight excluding hydrogens is 162 g/mol. The van der Waals surface area contributed by atoms with E-state index in [1.807, 2.05) is 24.4 Å². The molecule has 1 aromatic carbocycles. The number of hydrogen-bond acceptors (Lipinski definition) is 1. The summed E-state index contributed by atoms with van der Waals surface area (Å²) < 4.78 is 0. The number of quaternary nitrogens is 1. The quantitative estimate of drug-likeness (QED) is 0.695. The number of hydrogen-bond donors (Lipinski definition) is 2. The molecule has 0 aliphatic heterocycles. The first kappa shape index (κ1) is 8.01. The Labute approximate surface area is 76.6 Å². The SMILES string of the molecule is [NH3+]Cc1cn[nH]c1-c1ccccc1. The van der Waals surface area contributed by atoms with Crippen molar-refractivity contribution in [1.82, 2.24) is 10.2 Å². The van der Waals surface area contributed by atoms with Crippen LogP contribution in [0.5, 0.6) is 0 Å². The van der Waals surface area contributed by atoms with E-state index in [2.05, 4.69) is 28.1 Å². The summed E-state index contributed by atoms with van der Waals surface area (Å²) in [5.41, 5.74) is 7.26. The van der Waals surface area contributed by atoms with Gasteiger partial charge >= 0.3 is 0 Å². The Kier molecular flexibility index (Phi) is 2.10. The predicted octanol–water partition coefficient (Wildman–Crippen LogP) is 0.819. The zero-order valence-electron chi connectivity index (χ0n) is 7.33. The van der Waals surface area contributed by atoms with Crippen LogP contribution in [0, 0.1) is 0 Å². The molecule has 3 heteroatoms. The molecule has 13 heavy (non-hydrogen) atoms. The number of aromatic nitrogens is 2. The van der Waals surface area contributed by atoms with Gasteiger partial charge in [-0.05, 0) is 0 Å². The number of nitrogens with zero attached hydrogens (tertiary/aromatic N) is 1. The zero-order chi connectivity index (χ0) is 9.10.